The molecule has 5 nitrogen and oxygen atoms in total. The number of nitrogens with zero attached hydrogens (tertiary/aromatic N) is 1. The Labute approximate surface area is 122 Å². The lowest BCUT2D eigenvalue weighted by atomic mass is 9.89. The second kappa shape index (κ2) is 4.78. The van der Waals surface area contributed by atoms with Crippen LogP contribution in [0.2, 0.25) is 0 Å². The van der Waals surface area contributed by atoms with Gasteiger partial charge in [-0.1, -0.05) is 6.07 Å². The number of carboxylic acid groups (broad SMARTS) is 1. The summed E-state index contributed by atoms with van der Waals surface area (Å²) in [6.45, 7) is 1.69. The van der Waals surface area contributed by atoms with E-state index in [9.17, 15) is 22.7 Å². The van der Waals surface area contributed by atoms with Gasteiger partial charge in [0.1, 0.15) is 10.7 Å². The Morgan fingerprint density at radius 1 is 1.38 bits per heavy atom. The molecule has 2 heterocycles. The molecule has 1 aromatic rings. The first-order chi connectivity index (χ1) is 9.82. The predicted octanol–water partition coefficient (Wildman–Crippen LogP) is 1.76. The Hall–Kier alpha value is -1.47. The van der Waals surface area contributed by atoms with Gasteiger partial charge in [-0.3, -0.25) is 4.79 Å². The van der Waals surface area contributed by atoms with Gasteiger partial charge < -0.3 is 5.11 Å². The van der Waals surface area contributed by atoms with E-state index in [4.69, 9.17) is 0 Å². The predicted molar refractivity (Wildman–Crippen MR) is 72.7 cm³/mol. The number of aliphatic carboxylic acids is 1. The van der Waals surface area contributed by atoms with Crippen LogP contribution >= 0.6 is 0 Å². The Morgan fingerprint density at radius 2 is 2.10 bits per heavy atom. The van der Waals surface area contributed by atoms with E-state index < -0.39 is 33.8 Å². The van der Waals surface area contributed by atoms with E-state index in [1.807, 2.05) is 0 Å². The fourth-order valence-electron chi connectivity index (χ4n) is 3.50. The summed E-state index contributed by atoms with van der Waals surface area (Å²) in [5.41, 5.74) is 0.649. The number of benzene rings is 1. The number of hydrogen-bond donors (Lipinski definition) is 1. The average molecular weight is 313 g/mol. The van der Waals surface area contributed by atoms with Gasteiger partial charge in [0.15, 0.2) is 0 Å². The summed E-state index contributed by atoms with van der Waals surface area (Å²) in [5, 5.41) is 9.19. The minimum Gasteiger partial charge on any atom is -0.481 e. The van der Waals surface area contributed by atoms with Crippen molar-refractivity contribution >= 4 is 16.0 Å². The fraction of sp³-hybridized carbons (Fsp3) is 0.500. The standard InChI is InChI=1S/C14H16FNO4S/c1-8-2-4-11(15)13(6-8)21(19,20)16-9-3-5-12(16)10(7-9)14(17)18/h2,4,6,9-10,12H,3,5,7H2,1H3,(H,17,18). The number of aryl methyl sites for hydroxylation is 1. The Balaban J connectivity index is 2.04. The van der Waals surface area contributed by atoms with Crippen LogP contribution < -0.4 is 0 Å². The third-order valence-corrected chi connectivity index (χ3v) is 6.42. The number of rotatable bonds is 3. The molecule has 2 aliphatic rings. The molecule has 2 aliphatic heterocycles. The molecule has 21 heavy (non-hydrogen) atoms. The minimum atomic E-state index is -4.00. The van der Waals surface area contributed by atoms with Crippen molar-refractivity contribution in [2.24, 2.45) is 5.92 Å². The number of carboxylic acids is 1. The number of carbonyl (C=O) groups is 1. The maximum atomic E-state index is 13.9. The van der Waals surface area contributed by atoms with Crippen molar-refractivity contribution < 1.29 is 22.7 Å². The molecule has 0 aliphatic carbocycles. The summed E-state index contributed by atoms with van der Waals surface area (Å²) < 4.78 is 40.6. The highest BCUT2D eigenvalue weighted by Gasteiger charge is 2.54. The summed E-state index contributed by atoms with van der Waals surface area (Å²) >= 11 is 0. The molecule has 114 valence electrons. The molecule has 2 fully saturated rings. The molecule has 0 radical (unpaired) electrons. The third-order valence-electron chi connectivity index (χ3n) is 4.43. The molecule has 3 rings (SSSR count). The monoisotopic (exact) mass is 313 g/mol. The van der Waals surface area contributed by atoms with Crippen LogP contribution in [0.5, 0.6) is 0 Å². The Morgan fingerprint density at radius 3 is 2.71 bits per heavy atom. The lowest BCUT2D eigenvalue weighted by Crippen LogP contribution is -2.38. The molecule has 2 bridgehead atoms. The van der Waals surface area contributed by atoms with Crippen LogP contribution in [0.4, 0.5) is 4.39 Å². The SMILES string of the molecule is Cc1ccc(F)c(S(=O)(=O)N2C3CCC2C(C(=O)O)C3)c1. The van der Waals surface area contributed by atoms with Gasteiger partial charge in [0.05, 0.1) is 5.92 Å². The van der Waals surface area contributed by atoms with Gasteiger partial charge in [-0.2, -0.15) is 4.31 Å². The van der Waals surface area contributed by atoms with Gasteiger partial charge >= 0.3 is 5.97 Å². The van der Waals surface area contributed by atoms with E-state index >= 15 is 0 Å². The van der Waals surface area contributed by atoms with Crippen LogP contribution in [0.15, 0.2) is 23.1 Å². The highest BCUT2D eigenvalue weighted by atomic mass is 32.2. The normalized spacial score (nSPS) is 29.0. The summed E-state index contributed by atoms with van der Waals surface area (Å²) in [7, 11) is -4.00. The molecule has 2 saturated heterocycles. The molecule has 1 N–H and O–H groups in total. The number of hydrogen-bond acceptors (Lipinski definition) is 3. The van der Waals surface area contributed by atoms with Crippen molar-refractivity contribution in [2.75, 3.05) is 0 Å². The van der Waals surface area contributed by atoms with Crippen molar-refractivity contribution in [3.8, 4) is 0 Å². The van der Waals surface area contributed by atoms with Gasteiger partial charge in [-0.25, -0.2) is 12.8 Å². The highest BCUT2D eigenvalue weighted by molar-refractivity contribution is 7.89. The first kappa shape index (κ1) is 14.5. The van der Waals surface area contributed by atoms with Crippen molar-refractivity contribution in [3.63, 3.8) is 0 Å². The lowest BCUT2D eigenvalue weighted by Gasteiger charge is -2.23. The number of fused-ring (bicyclic) bond motifs is 2. The van der Waals surface area contributed by atoms with Crippen molar-refractivity contribution in [2.45, 2.75) is 43.2 Å². The second-order valence-electron chi connectivity index (χ2n) is 5.75. The first-order valence-corrected chi connectivity index (χ1v) is 8.29. The maximum Gasteiger partial charge on any atom is 0.308 e. The lowest BCUT2D eigenvalue weighted by molar-refractivity contribution is -0.142. The molecule has 0 saturated carbocycles. The first-order valence-electron chi connectivity index (χ1n) is 6.85. The quantitative estimate of drug-likeness (QED) is 0.922. The van der Waals surface area contributed by atoms with Crippen LogP contribution in [-0.4, -0.2) is 35.9 Å². The van der Waals surface area contributed by atoms with Gasteiger partial charge in [0.2, 0.25) is 10.0 Å². The van der Waals surface area contributed by atoms with E-state index in [0.29, 0.717) is 24.8 Å². The minimum absolute atomic E-state index is 0.312. The second-order valence-corrected chi connectivity index (χ2v) is 7.56. The third kappa shape index (κ3) is 2.15. The van der Waals surface area contributed by atoms with Crippen molar-refractivity contribution in [1.82, 2.24) is 4.31 Å². The average Bonchev–Trinajstić information content (AvgIpc) is 2.99. The highest BCUT2D eigenvalue weighted by Crippen LogP contribution is 2.45. The van der Waals surface area contributed by atoms with Gasteiger partial charge in [0.25, 0.3) is 0 Å². The Bertz CT molecular complexity index is 703. The fourth-order valence-corrected chi connectivity index (χ4v) is 5.57. The zero-order valence-corrected chi connectivity index (χ0v) is 12.3. The maximum absolute atomic E-state index is 13.9. The van der Waals surface area contributed by atoms with Crippen molar-refractivity contribution in [3.05, 3.63) is 29.6 Å². The van der Waals surface area contributed by atoms with Crippen LogP contribution in [0.25, 0.3) is 0 Å². The van der Waals surface area contributed by atoms with E-state index in [2.05, 4.69) is 0 Å². The topological polar surface area (TPSA) is 74.7 Å². The number of sulfonamides is 1. The molecule has 7 heteroatoms. The van der Waals surface area contributed by atoms with Gasteiger partial charge in [-0.05, 0) is 43.9 Å². The summed E-state index contributed by atoms with van der Waals surface area (Å²) in [4.78, 5) is 10.9. The smallest absolute Gasteiger partial charge is 0.308 e. The zero-order valence-electron chi connectivity index (χ0n) is 11.5. The van der Waals surface area contributed by atoms with Gasteiger partial charge in [0, 0.05) is 12.1 Å². The molecule has 0 amide bonds. The van der Waals surface area contributed by atoms with Crippen LogP contribution in [-0.2, 0) is 14.8 Å². The van der Waals surface area contributed by atoms with E-state index in [1.165, 1.54) is 16.4 Å². The molecule has 0 aromatic heterocycles. The molecular formula is C14H16FNO4S. The summed E-state index contributed by atoms with van der Waals surface area (Å²) in [6, 6.07) is 3.05. The van der Waals surface area contributed by atoms with E-state index in [0.717, 1.165) is 6.07 Å². The molecule has 0 spiro atoms. The summed E-state index contributed by atoms with van der Waals surface area (Å²) in [6.07, 6.45) is 1.47. The number of halogens is 1. The molecule has 3 unspecified atom stereocenters. The van der Waals surface area contributed by atoms with E-state index in [1.54, 1.807) is 6.92 Å². The van der Waals surface area contributed by atoms with Crippen molar-refractivity contribution in [1.29, 1.82) is 0 Å². The largest absolute Gasteiger partial charge is 0.481 e. The molecule has 3 atom stereocenters. The van der Waals surface area contributed by atoms with E-state index in [-0.39, 0.29) is 10.9 Å². The molecule has 1 aromatic carbocycles. The molecular weight excluding hydrogens is 297 g/mol. The zero-order chi connectivity index (χ0) is 15.4. The van der Waals surface area contributed by atoms with Crippen LogP contribution in [0.3, 0.4) is 0 Å². The summed E-state index contributed by atoms with van der Waals surface area (Å²) in [5.74, 6) is -2.46. The van der Waals surface area contributed by atoms with Crippen LogP contribution in [0, 0.1) is 18.7 Å². The Kier molecular flexibility index (Phi) is 3.29. The van der Waals surface area contributed by atoms with Crippen LogP contribution in [0.1, 0.15) is 24.8 Å². The van der Waals surface area contributed by atoms with Gasteiger partial charge in [-0.15, -0.1) is 0 Å².